The largest absolute Gasteiger partial charge is 0.497 e. The molecule has 0 saturated carbocycles. The van der Waals surface area contributed by atoms with E-state index in [4.69, 9.17) is 10.5 Å². The minimum absolute atomic E-state index is 0. The number of hydrogen-bond acceptors (Lipinski definition) is 6. The van der Waals surface area contributed by atoms with Crippen molar-refractivity contribution in [3.05, 3.63) is 54.2 Å². The van der Waals surface area contributed by atoms with Gasteiger partial charge in [-0.2, -0.15) is 13.2 Å². The van der Waals surface area contributed by atoms with Gasteiger partial charge in [0.1, 0.15) is 17.5 Å². The standard InChI is InChI=1S/C22H21F3N6O.2ClH/c1-32-16-5-2-13-3-6-17(27-18(13)10-16)21-29-28-19-7-4-14(11-31(19)21)20(22(23,24)25)30-9-8-15(26)12-30;;/h2-7,10-11,15,20H,8-9,12,26H2,1H3;2*1H/t15-,20+;;/m0../s1. The van der Waals surface area contributed by atoms with Crippen molar-refractivity contribution in [1.29, 1.82) is 0 Å². The topological polar surface area (TPSA) is 81.6 Å². The summed E-state index contributed by atoms with van der Waals surface area (Å²) >= 11 is 0. The maximum absolute atomic E-state index is 14.0. The number of likely N-dealkylation sites (tertiary alicyclic amines) is 1. The third kappa shape index (κ3) is 4.76. The van der Waals surface area contributed by atoms with Crippen LogP contribution in [-0.2, 0) is 0 Å². The van der Waals surface area contributed by atoms with Crippen LogP contribution in [0.1, 0.15) is 18.0 Å². The lowest BCUT2D eigenvalue weighted by Gasteiger charge is -2.30. The fourth-order valence-electron chi connectivity index (χ4n) is 4.25. The van der Waals surface area contributed by atoms with Gasteiger partial charge in [0.2, 0.25) is 0 Å². The average molecular weight is 515 g/mol. The molecule has 4 heterocycles. The third-order valence-corrected chi connectivity index (χ3v) is 5.80. The van der Waals surface area contributed by atoms with E-state index in [1.165, 1.54) is 17.2 Å². The van der Waals surface area contributed by atoms with Gasteiger partial charge < -0.3 is 10.5 Å². The molecule has 0 bridgehead atoms. The molecule has 182 valence electrons. The molecule has 3 aromatic heterocycles. The van der Waals surface area contributed by atoms with Crippen molar-refractivity contribution in [2.75, 3.05) is 20.2 Å². The molecule has 12 heteroatoms. The first-order valence-electron chi connectivity index (χ1n) is 10.2. The fraction of sp³-hybridized carbons (Fsp3) is 0.318. The van der Waals surface area contributed by atoms with E-state index >= 15 is 0 Å². The summed E-state index contributed by atoms with van der Waals surface area (Å²) in [5.74, 6) is 1.03. The number of nitrogens with zero attached hydrogens (tertiary/aromatic N) is 5. The van der Waals surface area contributed by atoms with Gasteiger partial charge in [-0.25, -0.2) is 4.98 Å². The number of aromatic nitrogens is 4. The Labute approximate surface area is 205 Å². The number of hydrogen-bond donors (Lipinski definition) is 1. The van der Waals surface area contributed by atoms with Crippen molar-refractivity contribution in [2.45, 2.75) is 24.7 Å². The van der Waals surface area contributed by atoms with Gasteiger partial charge in [0.25, 0.3) is 0 Å². The summed E-state index contributed by atoms with van der Waals surface area (Å²) in [6, 6.07) is 10.2. The van der Waals surface area contributed by atoms with Crippen molar-refractivity contribution >= 4 is 41.4 Å². The summed E-state index contributed by atoms with van der Waals surface area (Å²) in [5, 5.41) is 9.21. The molecule has 0 spiro atoms. The first kappa shape index (κ1) is 26.0. The molecule has 0 unspecified atom stereocenters. The van der Waals surface area contributed by atoms with Gasteiger partial charge in [0.15, 0.2) is 11.5 Å². The lowest BCUT2D eigenvalue weighted by molar-refractivity contribution is -0.183. The highest BCUT2D eigenvalue weighted by molar-refractivity contribution is 5.85. The molecule has 1 saturated heterocycles. The normalized spacial score (nSPS) is 17.4. The zero-order valence-corrected chi connectivity index (χ0v) is 19.7. The van der Waals surface area contributed by atoms with Gasteiger partial charge in [-0.1, -0.05) is 12.1 Å². The van der Waals surface area contributed by atoms with E-state index in [9.17, 15) is 13.2 Å². The molecule has 7 nitrogen and oxygen atoms in total. The van der Waals surface area contributed by atoms with Gasteiger partial charge in [-0.15, -0.1) is 35.0 Å². The number of pyridine rings is 2. The van der Waals surface area contributed by atoms with Crippen LogP contribution in [0.5, 0.6) is 5.75 Å². The molecule has 0 amide bonds. The number of rotatable bonds is 4. The zero-order valence-electron chi connectivity index (χ0n) is 18.1. The number of benzene rings is 1. The summed E-state index contributed by atoms with van der Waals surface area (Å²) in [5.41, 5.74) is 7.62. The van der Waals surface area contributed by atoms with Crippen molar-refractivity contribution in [1.82, 2.24) is 24.5 Å². The molecule has 4 aromatic rings. The van der Waals surface area contributed by atoms with E-state index in [-0.39, 0.29) is 43.0 Å². The van der Waals surface area contributed by atoms with Gasteiger partial charge in [-0.05, 0) is 36.2 Å². The Kier molecular flexibility index (Phi) is 7.56. The monoisotopic (exact) mass is 514 g/mol. The summed E-state index contributed by atoms with van der Waals surface area (Å²) < 4.78 is 48.9. The van der Waals surface area contributed by atoms with Gasteiger partial charge >= 0.3 is 6.18 Å². The van der Waals surface area contributed by atoms with Crippen LogP contribution in [0, 0.1) is 0 Å². The number of alkyl halides is 3. The van der Waals surface area contributed by atoms with Crippen LogP contribution in [0.15, 0.2) is 48.7 Å². The first-order chi connectivity index (χ1) is 15.3. The predicted molar refractivity (Wildman–Crippen MR) is 128 cm³/mol. The summed E-state index contributed by atoms with van der Waals surface area (Å²) in [7, 11) is 1.57. The lowest BCUT2D eigenvalue weighted by Crippen LogP contribution is -2.38. The highest BCUT2D eigenvalue weighted by Gasteiger charge is 2.46. The van der Waals surface area contributed by atoms with Gasteiger partial charge in [0.05, 0.1) is 12.6 Å². The fourth-order valence-corrected chi connectivity index (χ4v) is 4.25. The Morgan fingerprint density at radius 1 is 1.09 bits per heavy atom. The minimum Gasteiger partial charge on any atom is -0.497 e. The summed E-state index contributed by atoms with van der Waals surface area (Å²) in [4.78, 5) is 6.02. The maximum atomic E-state index is 14.0. The molecule has 1 aliphatic heterocycles. The second-order valence-corrected chi connectivity index (χ2v) is 7.96. The first-order valence-corrected chi connectivity index (χ1v) is 10.2. The van der Waals surface area contributed by atoms with Crippen molar-refractivity contribution in [3.8, 4) is 17.3 Å². The molecule has 2 atom stereocenters. The van der Waals surface area contributed by atoms with Crippen molar-refractivity contribution < 1.29 is 17.9 Å². The third-order valence-electron chi connectivity index (χ3n) is 5.80. The van der Waals surface area contributed by atoms with Crippen molar-refractivity contribution in [2.24, 2.45) is 5.73 Å². The quantitative estimate of drug-likeness (QED) is 0.433. The molecular formula is C22H23Cl2F3N6O. The minimum atomic E-state index is -4.44. The number of ether oxygens (including phenoxy) is 1. The Morgan fingerprint density at radius 3 is 2.53 bits per heavy atom. The van der Waals surface area contributed by atoms with E-state index in [0.717, 1.165) is 5.39 Å². The molecule has 1 aliphatic rings. The molecule has 1 aromatic carbocycles. The van der Waals surface area contributed by atoms with Gasteiger partial charge in [0, 0.05) is 36.8 Å². The number of fused-ring (bicyclic) bond motifs is 2. The van der Waals surface area contributed by atoms with E-state index in [0.29, 0.717) is 41.4 Å². The van der Waals surface area contributed by atoms with E-state index < -0.39 is 12.2 Å². The number of nitrogens with two attached hydrogens (primary N) is 1. The van der Waals surface area contributed by atoms with Crippen LogP contribution < -0.4 is 10.5 Å². The van der Waals surface area contributed by atoms with Crippen LogP contribution in [-0.4, -0.2) is 56.9 Å². The smallest absolute Gasteiger partial charge is 0.408 e. The Bertz CT molecular complexity index is 1300. The molecule has 0 radical (unpaired) electrons. The SMILES string of the molecule is COc1ccc2ccc(-c3nnc4ccc([C@@H](N5CC[C@H](N)C5)C(F)(F)F)cn34)nc2c1.Cl.Cl. The summed E-state index contributed by atoms with van der Waals surface area (Å²) in [6.45, 7) is 0.498. The summed E-state index contributed by atoms with van der Waals surface area (Å²) in [6.07, 6.45) is -2.45. The molecule has 1 fully saturated rings. The van der Waals surface area contributed by atoms with Crippen LogP contribution in [0.3, 0.4) is 0 Å². The predicted octanol–water partition coefficient (Wildman–Crippen LogP) is 4.43. The molecule has 0 aliphatic carbocycles. The van der Waals surface area contributed by atoms with E-state index in [1.807, 2.05) is 18.2 Å². The van der Waals surface area contributed by atoms with Gasteiger partial charge in [-0.3, -0.25) is 9.30 Å². The molecular weight excluding hydrogens is 492 g/mol. The van der Waals surface area contributed by atoms with Crippen molar-refractivity contribution in [3.63, 3.8) is 0 Å². The van der Waals surface area contributed by atoms with Crippen LogP contribution in [0.4, 0.5) is 13.2 Å². The number of methoxy groups -OCH3 is 1. The molecule has 34 heavy (non-hydrogen) atoms. The van der Waals surface area contributed by atoms with Crippen LogP contribution in [0.2, 0.25) is 0 Å². The Balaban J connectivity index is 0.00000162. The Hall–Kier alpha value is -2.66. The molecule has 5 rings (SSSR count). The second-order valence-electron chi connectivity index (χ2n) is 7.96. The zero-order chi connectivity index (χ0) is 22.5. The van der Waals surface area contributed by atoms with E-state index in [2.05, 4.69) is 15.2 Å². The van der Waals surface area contributed by atoms with Crippen LogP contribution >= 0.6 is 24.8 Å². The molecule has 2 N–H and O–H groups in total. The Morgan fingerprint density at radius 2 is 1.85 bits per heavy atom. The second kappa shape index (κ2) is 9.91. The lowest BCUT2D eigenvalue weighted by atomic mass is 10.1. The number of halogens is 5. The average Bonchev–Trinajstić information content (AvgIpc) is 3.38. The van der Waals surface area contributed by atoms with Crippen LogP contribution in [0.25, 0.3) is 28.1 Å². The highest BCUT2D eigenvalue weighted by atomic mass is 35.5. The maximum Gasteiger partial charge on any atom is 0.408 e. The van der Waals surface area contributed by atoms with E-state index in [1.54, 1.807) is 29.7 Å². The highest BCUT2D eigenvalue weighted by Crippen LogP contribution is 2.39.